The Bertz CT molecular complexity index is 1090. The Kier molecular flexibility index (Phi) is 4.62. The van der Waals surface area contributed by atoms with Gasteiger partial charge in [-0.15, -0.1) is 0 Å². The second-order valence-corrected chi connectivity index (χ2v) is 6.40. The van der Waals surface area contributed by atoms with E-state index in [0.717, 1.165) is 5.56 Å². The maximum atomic E-state index is 13.2. The number of aryl methyl sites for hydroxylation is 1. The molecule has 0 atom stereocenters. The Labute approximate surface area is 160 Å². The summed E-state index contributed by atoms with van der Waals surface area (Å²) < 4.78 is 25.8. The van der Waals surface area contributed by atoms with Gasteiger partial charge in [0, 0.05) is 11.6 Å². The first-order valence-corrected chi connectivity index (χ1v) is 8.76. The Hall–Kier alpha value is -3.16. The van der Waals surface area contributed by atoms with Crippen molar-refractivity contribution in [3.05, 3.63) is 93.7 Å². The Balaban J connectivity index is 1.84. The number of para-hydroxylation sites is 1. The minimum absolute atomic E-state index is 0.155. The van der Waals surface area contributed by atoms with E-state index in [2.05, 4.69) is 5.10 Å². The maximum Gasteiger partial charge on any atom is 0.280 e. The number of nitrogens with zero attached hydrogens (tertiary/aromatic N) is 2. The van der Waals surface area contributed by atoms with Crippen LogP contribution in [0.25, 0.3) is 5.69 Å². The number of carbonyl (C=O) groups is 1. The van der Waals surface area contributed by atoms with Gasteiger partial charge < -0.3 is 9.47 Å². The number of carbonyl (C=O) groups excluding carboxylic acids is 1. The number of rotatable bonds is 4. The third-order valence-electron chi connectivity index (χ3n) is 4.58. The molecule has 1 aliphatic rings. The summed E-state index contributed by atoms with van der Waals surface area (Å²) in [5, 5.41) is 4.38. The van der Waals surface area contributed by atoms with Crippen LogP contribution >= 0.6 is 0 Å². The zero-order valence-electron chi connectivity index (χ0n) is 15.1. The van der Waals surface area contributed by atoms with E-state index in [4.69, 9.17) is 9.47 Å². The van der Waals surface area contributed by atoms with Crippen LogP contribution in [-0.2, 0) is 15.3 Å². The van der Waals surface area contributed by atoms with Gasteiger partial charge >= 0.3 is 0 Å². The molecule has 1 fully saturated rings. The van der Waals surface area contributed by atoms with E-state index in [1.54, 1.807) is 12.1 Å². The van der Waals surface area contributed by atoms with Crippen LogP contribution in [0.4, 0.5) is 4.39 Å². The zero-order valence-corrected chi connectivity index (χ0v) is 15.1. The normalized spacial score (nSPS) is 15.5. The Morgan fingerprint density at radius 1 is 1.04 bits per heavy atom. The second kappa shape index (κ2) is 7.10. The lowest BCUT2D eigenvalue weighted by atomic mass is 10.00. The predicted octanol–water partition coefficient (Wildman–Crippen LogP) is 2.76. The lowest BCUT2D eigenvalue weighted by Crippen LogP contribution is -2.40. The smallest absolute Gasteiger partial charge is 0.280 e. The quantitative estimate of drug-likeness (QED) is 0.651. The van der Waals surface area contributed by atoms with Crippen molar-refractivity contribution in [2.24, 2.45) is 0 Å². The second-order valence-electron chi connectivity index (χ2n) is 6.40. The van der Waals surface area contributed by atoms with E-state index in [9.17, 15) is 14.0 Å². The number of ether oxygens (including phenoxy) is 2. The topological polar surface area (TPSA) is 70.4 Å². The van der Waals surface area contributed by atoms with Crippen LogP contribution in [-0.4, -0.2) is 28.8 Å². The largest absolute Gasteiger partial charge is 0.336 e. The van der Waals surface area contributed by atoms with Gasteiger partial charge in [0.05, 0.1) is 18.9 Å². The molecule has 1 aliphatic heterocycles. The molecule has 0 spiro atoms. The van der Waals surface area contributed by atoms with Gasteiger partial charge in [0.25, 0.3) is 11.3 Å². The number of Topliss-reactive ketones (excluding diaryl/α,β-unsaturated/α-hetero) is 1. The number of hydrogen-bond acceptors (Lipinski definition) is 5. The highest BCUT2D eigenvalue weighted by molar-refractivity contribution is 6.01. The SMILES string of the molecule is Cc1ccccc1-n1nc(C2(C(=O)c3ccc(F)cc3)OCCO2)ccc1=O. The van der Waals surface area contributed by atoms with Crippen molar-refractivity contribution in [2.45, 2.75) is 12.7 Å². The van der Waals surface area contributed by atoms with Crippen LogP contribution in [0.3, 0.4) is 0 Å². The highest BCUT2D eigenvalue weighted by Crippen LogP contribution is 2.33. The van der Waals surface area contributed by atoms with Crippen LogP contribution in [0.1, 0.15) is 21.6 Å². The monoisotopic (exact) mass is 380 g/mol. The summed E-state index contributed by atoms with van der Waals surface area (Å²) in [4.78, 5) is 25.6. The molecular weight excluding hydrogens is 363 g/mol. The van der Waals surface area contributed by atoms with E-state index >= 15 is 0 Å². The molecule has 0 bridgehead atoms. The van der Waals surface area contributed by atoms with Crippen molar-refractivity contribution in [1.82, 2.24) is 9.78 Å². The lowest BCUT2D eigenvalue weighted by Gasteiger charge is -2.25. The maximum absolute atomic E-state index is 13.2. The van der Waals surface area contributed by atoms with Gasteiger partial charge in [0.15, 0.2) is 0 Å². The summed E-state index contributed by atoms with van der Waals surface area (Å²) in [5.41, 5.74) is 1.47. The van der Waals surface area contributed by atoms with E-state index in [1.807, 2.05) is 19.1 Å². The van der Waals surface area contributed by atoms with Crippen molar-refractivity contribution in [2.75, 3.05) is 13.2 Å². The molecule has 142 valence electrons. The van der Waals surface area contributed by atoms with Crippen LogP contribution in [0.15, 0.2) is 65.5 Å². The van der Waals surface area contributed by atoms with Gasteiger partial charge in [-0.3, -0.25) is 9.59 Å². The number of aromatic nitrogens is 2. The minimum Gasteiger partial charge on any atom is -0.336 e. The fraction of sp³-hybridized carbons (Fsp3) is 0.190. The minimum atomic E-state index is -1.78. The summed E-state index contributed by atoms with van der Waals surface area (Å²) in [7, 11) is 0. The molecule has 6 nitrogen and oxygen atoms in total. The van der Waals surface area contributed by atoms with Crippen molar-refractivity contribution in [1.29, 1.82) is 0 Å². The highest BCUT2D eigenvalue weighted by Gasteiger charge is 2.48. The fourth-order valence-electron chi connectivity index (χ4n) is 3.16. The van der Waals surface area contributed by atoms with Crippen LogP contribution < -0.4 is 5.56 Å². The predicted molar refractivity (Wildman–Crippen MR) is 98.9 cm³/mol. The first kappa shape index (κ1) is 18.2. The molecule has 0 unspecified atom stereocenters. The molecule has 0 amide bonds. The van der Waals surface area contributed by atoms with E-state index in [0.29, 0.717) is 5.69 Å². The van der Waals surface area contributed by atoms with E-state index < -0.39 is 17.4 Å². The van der Waals surface area contributed by atoms with Crippen molar-refractivity contribution in [3.8, 4) is 5.69 Å². The van der Waals surface area contributed by atoms with Crippen molar-refractivity contribution >= 4 is 5.78 Å². The fourth-order valence-corrected chi connectivity index (χ4v) is 3.16. The average molecular weight is 380 g/mol. The average Bonchev–Trinajstić information content (AvgIpc) is 3.20. The third-order valence-corrected chi connectivity index (χ3v) is 4.58. The lowest BCUT2D eigenvalue weighted by molar-refractivity contribution is -0.129. The number of ketones is 1. The molecule has 2 aromatic carbocycles. The number of hydrogen-bond donors (Lipinski definition) is 0. The number of benzene rings is 2. The summed E-state index contributed by atoms with van der Waals surface area (Å²) in [6.45, 7) is 2.24. The molecule has 1 aromatic heterocycles. The van der Waals surface area contributed by atoms with E-state index in [1.165, 1.54) is 41.1 Å². The molecule has 28 heavy (non-hydrogen) atoms. The first-order chi connectivity index (χ1) is 13.5. The zero-order chi connectivity index (χ0) is 19.7. The molecule has 4 rings (SSSR count). The summed E-state index contributed by atoms with van der Waals surface area (Å²) >= 11 is 0. The molecule has 0 aliphatic carbocycles. The Morgan fingerprint density at radius 2 is 1.71 bits per heavy atom. The molecule has 7 heteroatoms. The van der Waals surface area contributed by atoms with Gasteiger partial charge in [-0.05, 0) is 48.9 Å². The standard InChI is InChI=1S/C21H17FN2O4/c1-14-4-2-3-5-17(14)24-19(25)11-10-18(23-24)21(27-12-13-28-21)20(26)15-6-8-16(22)9-7-15/h2-11H,12-13H2,1H3. The molecular formula is C21H17FN2O4. The molecule has 0 saturated carbocycles. The molecule has 0 N–H and O–H groups in total. The highest BCUT2D eigenvalue weighted by atomic mass is 19.1. The van der Waals surface area contributed by atoms with E-state index in [-0.39, 0.29) is 30.0 Å². The Morgan fingerprint density at radius 3 is 2.39 bits per heavy atom. The third kappa shape index (κ3) is 3.04. The van der Waals surface area contributed by atoms with Gasteiger partial charge in [-0.2, -0.15) is 9.78 Å². The van der Waals surface area contributed by atoms with Gasteiger partial charge in [-0.1, -0.05) is 18.2 Å². The van der Waals surface area contributed by atoms with Gasteiger partial charge in [0.2, 0.25) is 5.78 Å². The molecule has 2 heterocycles. The molecule has 3 aromatic rings. The molecule has 1 saturated heterocycles. The summed E-state index contributed by atoms with van der Waals surface area (Å²) in [6, 6.07) is 15.1. The summed E-state index contributed by atoms with van der Waals surface area (Å²) in [6.07, 6.45) is 0. The van der Waals surface area contributed by atoms with Gasteiger partial charge in [-0.25, -0.2) is 4.39 Å². The first-order valence-electron chi connectivity index (χ1n) is 8.76. The van der Waals surface area contributed by atoms with Gasteiger partial charge in [0.1, 0.15) is 11.5 Å². The molecule has 0 radical (unpaired) electrons. The summed E-state index contributed by atoms with van der Waals surface area (Å²) in [5.74, 6) is -2.74. The van der Waals surface area contributed by atoms with Crippen molar-refractivity contribution in [3.63, 3.8) is 0 Å². The van der Waals surface area contributed by atoms with Crippen LogP contribution in [0.2, 0.25) is 0 Å². The van der Waals surface area contributed by atoms with Crippen LogP contribution in [0, 0.1) is 12.7 Å². The van der Waals surface area contributed by atoms with Crippen LogP contribution in [0.5, 0.6) is 0 Å². The number of halogens is 1. The van der Waals surface area contributed by atoms with Crippen molar-refractivity contribution < 1.29 is 18.7 Å².